The third-order valence-corrected chi connectivity index (χ3v) is 3.16. The molecule has 1 aromatic rings. The summed E-state index contributed by atoms with van der Waals surface area (Å²) in [6.07, 6.45) is 2.77. The molecule has 1 aromatic heterocycles. The summed E-state index contributed by atoms with van der Waals surface area (Å²) in [6, 6.07) is 1.63. The minimum Gasteiger partial charge on any atom is -0.397 e. The van der Waals surface area contributed by atoms with Crippen LogP contribution in [0.4, 0.5) is 11.5 Å². The zero-order chi connectivity index (χ0) is 12.3. The van der Waals surface area contributed by atoms with Crippen LogP contribution in [-0.2, 0) is 4.74 Å². The maximum absolute atomic E-state index is 10.2. The molecule has 0 atom stereocenters. The van der Waals surface area contributed by atoms with Crippen molar-refractivity contribution in [2.45, 2.75) is 18.4 Å². The quantitative estimate of drug-likeness (QED) is 0.760. The summed E-state index contributed by atoms with van der Waals surface area (Å²) in [6.45, 7) is 1.58. The van der Waals surface area contributed by atoms with E-state index in [4.69, 9.17) is 22.1 Å². The standard InChI is InChI=1S/C11H16ClN3O2/c12-9-5-8(13)6-14-10(9)15-7-11(16)1-3-17-4-2-11/h5-6,16H,1-4,7,13H2,(H,14,15). The van der Waals surface area contributed by atoms with Crippen LogP contribution in [0.5, 0.6) is 0 Å². The molecule has 0 radical (unpaired) electrons. The molecule has 1 aliphatic heterocycles. The van der Waals surface area contributed by atoms with Crippen molar-refractivity contribution in [2.24, 2.45) is 0 Å². The van der Waals surface area contributed by atoms with Crippen LogP contribution in [0.15, 0.2) is 12.3 Å². The minimum absolute atomic E-state index is 0.410. The van der Waals surface area contributed by atoms with Crippen LogP contribution in [0.3, 0.4) is 0 Å². The molecular weight excluding hydrogens is 242 g/mol. The van der Waals surface area contributed by atoms with Crippen molar-refractivity contribution in [3.63, 3.8) is 0 Å². The van der Waals surface area contributed by atoms with Crippen molar-refractivity contribution in [2.75, 3.05) is 30.8 Å². The van der Waals surface area contributed by atoms with Gasteiger partial charge in [0.05, 0.1) is 22.5 Å². The van der Waals surface area contributed by atoms with Crippen LogP contribution in [0.2, 0.25) is 5.02 Å². The molecule has 5 nitrogen and oxygen atoms in total. The summed E-state index contributed by atoms with van der Waals surface area (Å²) in [5.41, 5.74) is 5.33. The SMILES string of the molecule is Nc1cnc(NCC2(O)CCOCC2)c(Cl)c1. The third-order valence-electron chi connectivity index (χ3n) is 2.87. The molecule has 0 unspecified atom stereocenters. The molecule has 0 aromatic carbocycles. The molecule has 0 aliphatic carbocycles. The van der Waals surface area contributed by atoms with Gasteiger partial charge in [-0.2, -0.15) is 0 Å². The van der Waals surface area contributed by atoms with Gasteiger partial charge in [-0.1, -0.05) is 11.6 Å². The van der Waals surface area contributed by atoms with Gasteiger partial charge in [0.2, 0.25) is 0 Å². The highest BCUT2D eigenvalue weighted by Gasteiger charge is 2.29. The number of nitrogens with two attached hydrogens (primary N) is 1. The molecule has 0 bridgehead atoms. The van der Waals surface area contributed by atoms with Gasteiger partial charge in [0, 0.05) is 32.6 Å². The Hall–Kier alpha value is -1.04. The van der Waals surface area contributed by atoms with E-state index in [1.807, 2.05) is 0 Å². The van der Waals surface area contributed by atoms with E-state index in [-0.39, 0.29) is 0 Å². The first-order valence-corrected chi connectivity index (χ1v) is 5.92. The number of aromatic nitrogens is 1. The van der Waals surface area contributed by atoms with Gasteiger partial charge in [0.25, 0.3) is 0 Å². The monoisotopic (exact) mass is 257 g/mol. The van der Waals surface area contributed by atoms with E-state index in [1.165, 1.54) is 6.20 Å². The Bertz CT molecular complexity index is 394. The molecule has 1 saturated heterocycles. The van der Waals surface area contributed by atoms with Crippen LogP contribution < -0.4 is 11.1 Å². The van der Waals surface area contributed by atoms with Gasteiger partial charge < -0.3 is 20.9 Å². The number of hydrogen-bond donors (Lipinski definition) is 3. The fourth-order valence-corrected chi connectivity index (χ4v) is 2.00. The predicted molar refractivity (Wildman–Crippen MR) is 67.2 cm³/mol. The van der Waals surface area contributed by atoms with E-state index >= 15 is 0 Å². The second-order valence-electron chi connectivity index (χ2n) is 4.29. The molecule has 0 spiro atoms. The summed E-state index contributed by atoms with van der Waals surface area (Å²) in [4.78, 5) is 4.08. The van der Waals surface area contributed by atoms with Gasteiger partial charge in [0.1, 0.15) is 5.82 Å². The molecule has 2 heterocycles. The molecule has 17 heavy (non-hydrogen) atoms. The van der Waals surface area contributed by atoms with Crippen LogP contribution in [0.25, 0.3) is 0 Å². The summed E-state index contributed by atoms with van der Waals surface area (Å²) in [5, 5.41) is 13.7. The van der Waals surface area contributed by atoms with Crippen LogP contribution in [-0.4, -0.2) is 35.5 Å². The maximum Gasteiger partial charge on any atom is 0.145 e. The molecular formula is C11H16ClN3O2. The Balaban J connectivity index is 1.97. The number of nitrogen functional groups attached to an aromatic ring is 1. The van der Waals surface area contributed by atoms with Crippen LogP contribution in [0, 0.1) is 0 Å². The van der Waals surface area contributed by atoms with Crippen molar-refractivity contribution in [3.8, 4) is 0 Å². The lowest BCUT2D eigenvalue weighted by molar-refractivity contribution is -0.0543. The number of aliphatic hydroxyl groups is 1. The van der Waals surface area contributed by atoms with E-state index < -0.39 is 5.60 Å². The van der Waals surface area contributed by atoms with Crippen molar-refractivity contribution < 1.29 is 9.84 Å². The Labute approximate surface area is 105 Å². The molecule has 0 saturated carbocycles. The zero-order valence-corrected chi connectivity index (χ0v) is 10.2. The first-order chi connectivity index (χ1) is 8.09. The lowest BCUT2D eigenvalue weighted by Gasteiger charge is -2.32. The average Bonchev–Trinajstić information content (AvgIpc) is 2.29. The summed E-state index contributed by atoms with van der Waals surface area (Å²) >= 11 is 5.98. The van der Waals surface area contributed by atoms with E-state index in [0.717, 1.165) is 0 Å². The van der Waals surface area contributed by atoms with Gasteiger partial charge >= 0.3 is 0 Å². The molecule has 4 N–H and O–H groups in total. The molecule has 2 rings (SSSR count). The largest absolute Gasteiger partial charge is 0.397 e. The fourth-order valence-electron chi connectivity index (χ4n) is 1.76. The normalized spacial score (nSPS) is 18.9. The number of nitrogens with zero attached hydrogens (tertiary/aromatic N) is 1. The second-order valence-corrected chi connectivity index (χ2v) is 4.70. The molecule has 0 amide bonds. The molecule has 1 fully saturated rings. The van der Waals surface area contributed by atoms with Crippen LogP contribution in [0.1, 0.15) is 12.8 Å². The number of anilines is 2. The highest BCUT2D eigenvalue weighted by molar-refractivity contribution is 6.33. The first kappa shape index (κ1) is 12.4. The number of rotatable bonds is 3. The number of ether oxygens (including phenoxy) is 1. The van der Waals surface area contributed by atoms with Gasteiger partial charge in [-0.15, -0.1) is 0 Å². The van der Waals surface area contributed by atoms with Gasteiger partial charge in [0.15, 0.2) is 0 Å². The number of nitrogens with one attached hydrogen (secondary N) is 1. The van der Waals surface area contributed by atoms with E-state index in [1.54, 1.807) is 6.07 Å². The van der Waals surface area contributed by atoms with E-state index in [9.17, 15) is 5.11 Å². The van der Waals surface area contributed by atoms with E-state index in [0.29, 0.717) is 49.1 Å². The lowest BCUT2D eigenvalue weighted by Crippen LogP contribution is -2.42. The lowest BCUT2D eigenvalue weighted by atomic mass is 9.94. The second kappa shape index (κ2) is 5.08. The summed E-state index contributed by atoms with van der Waals surface area (Å²) in [7, 11) is 0. The Kier molecular flexibility index (Phi) is 3.71. The smallest absolute Gasteiger partial charge is 0.145 e. The number of halogens is 1. The first-order valence-electron chi connectivity index (χ1n) is 5.54. The summed E-state index contributed by atoms with van der Waals surface area (Å²) in [5.74, 6) is 0.542. The van der Waals surface area contributed by atoms with E-state index in [2.05, 4.69) is 10.3 Å². The van der Waals surface area contributed by atoms with Gasteiger partial charge in [-0.3, -0.25) is 0 Å². The predicted octanol–water partition coefficient (Wildman–Crippen LogP) is 1.27. The topological polar surface area (TPSA) is 80.4 Å². The van der Waals surface area contributed by atoms with Gasteiger partial charge in [-0.25, -0.2) is 4.98 Å². The van der Waals surface area contributed by atoms with Crippen molar-refractivity contribution in [1.29, 1.82) is 0 Å². The third kappa shape index (κ3) is 3.21. The molecule has 6 heteroatoms. The van der Waals surface area contributed by atoms with Crippen molar-refractivity contribution in [3.05, 3.63) is 17.3 Å². The van der Waals surface area contributed by atoms with Crippen LogP contribution >= 0.6 is 11.6 Å². The number of pyridine rings is 1. The fraction of sp³-hybridized carbons (Fsp3) is 0.545. The average molecular weight is 258 g/mol. The molecule has 94 valence electrons. The van der Waals surface area contributed by atoms with Crippen molar-refractivity contribution >= 4 is 23.1 Å². The zero-order valence-electron chi connectivity index (χ0n) is 9.45. The maximum atomic E-state index is 10.2. The van der Waals surface area contributed by atoms with Crippen molar-refractivity contribution in [1.82, 2.24) is 4.98 Å². The van der Waals surface area contributed by atoms with Gasteiger partial charge in [-0.05, 0) is 6.07 Å². The number of hydrogen-bond acceptors (Lipinski definition) is 5. The summed E-state index contributed by atoms with van der Waals surface area (Å²) < 4.78 is 5.21. The Morgan fingerprint density at radius 2 is 2.24 bits per heavy atom. The molecule has 1 aliphatic rings. The highest BCUT2D eigenvalue weighted by atomic mass is 35.5. The highest BCUT2D eigenvalue weighted by Crippen LogP contribution is 2.24. The Morgan fingerprint density at radius 1 is 1.53 bits per heavy atom. The Morgan fingerprint density at radius 3 is 2.88 bits per heavy atom. The minimum atomic E-state index is -0.745.